The summed E-state index contributed by atoms with van der Waals surface area (Å²) in [5.74, 6) is 0.610. The summed E-state index contributed by atoms with van der Waals surface area (Å²) < 4.78 is 0. The maximum atomic E-state index is 11.8. The molecule has 1 fully saturated rings. The molecule has 6 heteroatoms. The lowest BCUT2D eigenvalue weighted by Crippen LogP contribution is -2.31. The first-order valence-corrected chi connectivity index (χ1v) is 6.36. The summed E-state index contributed by atoms with van der Waals surface area (Å²) in [5, 5.41) is 3.18. The zero-order chi connectivity index (χ0) is 13.8. The minimum Gasteiger partial charge on any atom is -0.370 e. The van der Waals surface area contributed by atoms with Crippen LogP contribution in [-0.4, -0.2) is 46.9 Å². The molecule has 3 amide bonds. The van der Waals surface area contributed by atoms with E-state index in [4.69, 9.17) is 0 Å². The fourth-order valence-corrected chi connectivity index (χ4v) is 1.93. The van der Waals surface area contributed by atoms with Crippen molar-refractivity contribution in [3.63, 3.8) is 0 Å². The van der Waals surface area contributed by atoms with E-state index < -0.39 is 0 Å². The Morgan fingerprint density at radius 3 is 2.84 bits per heavy atom. The molecule has 1 aromatic rings. The number of carbonyl (C=O) groups is 2. The van der Waals surface area contributed by atoms with Crippen LogP contribution >= 0.6 is 0 Å². The van der Waals surface area contributed by atoms with Gasteiger partial charge in [0.05, 0.1) is 6.54 Å². The first-order chi connectivity index (χ1) is 9.11. The summed E-state index contributed by atoms with van der Waals surface area (Å²) in [5.41, 5.74) is 0.894. The van der Waals surface area contributed by atoms with Crippen molar-refractivity contribution in [1.82, 2.24) is 14.8 Å². The number of rotatable bonds is 5. The van der Waals surface area contributed by atoms with Crippen LogP contribution in [-0.2, 0) is 11.3 Å². The molecule has 0 aliphatic carbocycles. The molecule has 0 radical (unpaired) electrons. The monoisotopic (exact) mass is 262 g/mol. The number of nitrogens with zero attached hydrogens (tertiary/aromatic N) is 3. The summed E-state index contributed by atoms with van der Waals surface area (Å²) in [7, 11) is 1.63. The topological polar surface area (TPSA) is 65.5 Å². The Labute approximate surface area is 112 Å². The van der Waals surface area contributed by atoms with Gasteiger partial charge in [0.15, 0.2) is 0 Å². The fourth-order valence-electron chi connectivity index (χ4n) is 1.93. The van der Waals surface area contributed by atoms with E-state index >= 15 is 0 Å². The highest BCUT2D eigenvalue weighted by atomic mass is 16.2. The molecule has 6 nitrogen and oxygen atoms in total. The molecule has 0 aromatic carbocycles. The lowest BCUT2D eigenvalue weighted by molar-refractivity contribution is -0.125. The maximum Gasteiger partial charge on any atom is 0.327 e. The van der Waals surface area contributed by atoms with Crippen LogP contribution in [0.25, 0.3) is 0 Å². The van der Waals surface area contributed by atoms with Gasteiger partial charge < -0.3 is 10.2 Å². The van der Waals surface area contributed by atoms with Crippen molar-refractivity contribution in [3.8, 4) is 0 Å². The molecule has 0 spiro atoms. The van der Waals surface area contributed by atoms with Crippen LogP contribution < -0.4 is 5.32 Å². The van der Waals surface area contributed by atoms with Gasteiger partial charge in [-0.3, -0.25) is 9.69 Å². The van der Waals surface area contributed by atoms with Crippen LogP contribution in [0.5, 0.6) is 0 Å². The average Bonchev–Trinajstić information content (AvgIpc) is 2.64. The van der Waals surface area contributed by atoms with Crippen LogP contribution in [0.3, 0.4) is 0 Å². The summed E-state index contributed by atoms with van der Waals surface area (Å²) >= 11 is 0. The predicted octanol–water partition coefficient (Wildman–Crippen LogP) is 1.30. The van der Waals surface area contributed by atoms with Crippen LogP contribution in [0.2, 0.25) is 0 Å². The molecule has 1 aromatic heterocycles. The van der Waals surface area contributed by atoms with E-state index in [1.165, 1.54) is 9.80 Å². The summed E-state index contributed by atoms with van der Waals surface area (Å²) in [6.07, 6.45) is 2.70. The van der Waals surface area contributed by atoms with Gasteiger partial charge in [0, 0.05) is 19.8 Å². The minimum absolute atomic E-state index is 0.158. The SMILES string of the molecule is CCCNc1cc(CN2C(=O)CN(C)C2=O)ccn1. The smallest absolute Gasteiger partial charge is 0.327 e. The van der Waals surface area contributed by atoms with E-state index in [1.807, 2.05) is 12.1 Å². The Kier molecular flexibility index (Phi) is 3.99. The Bertz CT molecular complexity index is 489. The average molecular weight is 262 g/mol. The normalized spacial score (nSPS) is 15.3. The molecule has 0 bridgehead atoms. The summed E-state index contributed by atoms with van der Waals surface area (Å²) in [6, 6.07) is 3.44. The van der Waals surface area contributed by atoms with E-state index in [0.717, 1.165) is 24.3 Å². The quantitative estimate of drug-likeness (QED) is 0.812. The molecule has 1 saturated heterocycles. The van der Waals surface area contributed by atoms with Crippen molar-refractivity contribution in [2.75, 3.05) is 25.5 Å². The maximum absolute atomic E-state index is 11.8. The predicted molar refractivity (Wildman–Crippen MR) is 71.6 cm³/mol. The van der Waals surface area contributed by atoms with Gasteiger partial charge in [0.2, 0.25) is 0 Å². The summed E-state index contributed by atoms with van der Waals surface area (Å²) in [4.78, 5) is 30.3. The molecule has 19 heavy (non-hydrogen) atoms. The van der Waals surface area contributed by atoms with Crippen LogP contribution in [0.4, 0.5) is 10.6 Å². The first kappa shape index (κ1) is 13.3. The number of anilines is 1. The first-order valence-electron chi connectivity index (χ1n) is 6.36. The van der Waals surface area contributed by atoms with E-state index in [0.29, 0.717) is 6.54 Å². The zero-order valence-corrected chi connectivity index (χ0v) is 11.2. The van der Waals surface area contributed by atoms with Crippen LogP contribution in [0.15, 0.2) is 18.3 Å². The molecule has 1 aliphatic rings. The second-order valence-electron chi connectivity index (χ2n) is 4.59. The van der Waals surface area contributed by atoms with E-state index in [9.17, 15) is 9.59 Å². The fraction of sp³-hybridized carbons (Fsp3) is 0.462. The number of imide groups is 1. The van der Waals surface area contributed by atoms with Crippen molar-refractivity contribution in [2.45, 2.75) is 19.9 Å². The largest absolute Gasteiger partial charge is 0.370 e. The van der Waals surface area contributed by atoms with Gasteiger partial charge in [0.1, 0.15) is 12.4 Å². The third-order valence-corrected chi connectivity index (χ3v) is 2.95. The van der Waals surface area contributed by atoms with Crippen molar-refractivity contribution in [2.24, 2.45) is 0 Å². The molecule has 102 valence electrons. The third kappa shape index (κ3) is 3.01. The standard InChI is InChI=1S/C13H18N4O2/c1-3-5-14-11-7-10(4-6-15-11)8-17-12(18)9-16(2)13(17)19/h4,6-7H,3,5,8-9H2,1-2H3,(H,14,15). The van der Waals surface area contributed by atoms with Gasteiger partial charge in [-0.2, -0.15) is 0 Å². The number of hydrogen-bond donors (Lipinski definition) is 1. The zero-order valence-electron chi connectivity index (χ0n) is 11.2. The number of likely N-dealkylation sites (N-methyl/N-ethyl adjacent to an activating group) is 1. The van der Waals surface area contributed by atoms with Gasteiger partial charge in [-0.05, 0) is 24.1 Å². The molecular weight excluding hydrogens is 244 g/mol. The van der Waals surface area contributed by atoms with E-state index in [2.05, 4.69) is 17.2 Å². The van der Waals surface area contributed by atoms with Crippen molar-refractivity contribution in [1.29, 1.82) is 0 Å². The second kappa shape index (κ2) is 5.69. The molecule has 0 unspecified atom stereocenters. The van der Waals surface area contributed by atoms with Gasteiger partial charge >= 0.3 is 6.03 Å². The third-order valence-electron chi connectivity index (χ3n) is 2.95. The lowest BCUT2D eigenvalue weighted by Gasteiger charge is -2.14. The number of carbonyl (C=O) groups excluding carboxylic acids is 2. The van der Waals surface area contributed by atoms with Gasteiger partial charge in [-0.1, -0.05) is 6.92 Å². The number of pyridine rings is 1. The molecule has 1 N–H and O–H groups in total. The highest BCUT2D eigenvalue weighted by molar-refractivity contribution is 6.01. The van der Waals surface area contributed by atoms with Crippen molar-refractivity contribution < 1.29 is 9.59 Å². The van der Waals surface area contributed by atoms with Gasteiger partial charge in [-0.25, -0.2) is 9.78 Å². The number of amides is 3. The van der Waals surface area contributed by atoms with Crippen LogP contribution in [0, 0.1) is 0 Å². The minimum atomic E-state index is -0.245. The summed E-state index contributed by atoms with van der Waals surface area (Å²) in [6.45, 7) is 3.38. The molecule has 0 saturated carbocycles. The highest BCUT2D eigenvalue weighted by Crippen LogP contribution is 2.14. The second-order valence-corrected chi connectivity index (χ2v) is 4.59. The van der Waals surface area contributed by atoms with Crippen molar-refractivity contribution in [3.05, 3.63) is 23.9 Å². The van der Waals surface area contributed by atoms with Crippen molar-refractivity contribution >= 4 is 17.8 Å². The Hall–Kier alpha value is -2.11. The molecule has 2 rings (SSSR count). The van der Waals surface area contributed by atoms with Gasteiger partial charge in [0.25, 0.3) is 5.91 Å². The highest BCUT2D eigenvalue weighted by Gasteiger charge is 2.33. The number of hydrogen-bond acceptors (Lipinski definition) is 4. The molecule has 0 atom stereocenters. The van der Waals surface area contributed by atoms with Gasteiger partial charge in [-0.15, -0.1) is 0 Å². The number of aromatic nitrogens is 1. The molecule has 1 aliphatic heterocycles. The Balaban J connectivity index is 2.06. The Morgan fingerprint density at radius 2 is 2.21 bits per heavy atom. The number of nitrogens with one attached hydrogen (secondary N) is 1. The molecule has 2 heterocycles. The Morgan fingerprint density at radius 1 is 1.42 bits per heavy atom. The lowest BCUT2D eigenvalue weighted by atomic mass is 10.2. The van der Waals surface area contributed by atoms with Crippen LogP contribution in [0.1, 0.15) is 18.9 Å². The molecular formula is C13H18N4O2. The van der Waals surface area contributed by atoms with E-state index in [-0.39, 0.29) is 18.5 Å². The van der Waals surface area contributed by atoms with E-state index in [1.54, 1.807) is 13.2 Å². The number of urea groups is 1.